The van der Waals surface area contributed by atoms with Crippen LogP contribution in [-0.4, -0.2) is 44.7 Å². The van der Waals surface area contributed by atoms with E-state index >= 15 is 0 Å². The van der Waals surface area contributed by atoms with Gasteiger partial charge in [0.05, 0.1) is 18.1 Å². The topological polar surface area (TPSA) is 113 Å². The van der Waals surface area contributed by atoms with Gasteiger partial charge in [-0.2, -0.15) is 0 Å². The van der Waals surface area contributed by atoms with Gasteiger partial charge in [-0.25, -0.2) is 13.1 Å². The summed E-state index contributed by atoms with van der Waals surface area (Å²) in [7, 11) is -3.21. The lowest BCUT2D eigenvalue weighted by atomic mass is 9.95. The van der Waals surface area contributed by atoms with E-state index in [1.54, 1.807) is 0 Å². The van der Waals surface area contributed by atoms with Crippen LogP contribution in [-0.2, 0) is 19.6 Å². The highest BCUT2D eigenvalue weighted by Gasteiger charge is 2.40. The third kappa shape index (κ3) is 5.46. The van der Waals surface area contributed by atoms with E-state index in [2.05, 4.69) is 10.0 Å². The maximum Gasteiger partial charge on any atom is 0.307 e. The Bertz CT molecular complexity index is 462. The van der Waals surface area contributed by atoms with E-state index in [1.807, 2.05) is 6.92 Å². The second-order valence-electron chi connectivity index (χ2n) is 5.44. The first kappa shape index (κ1) is 16.9. The van der Waals surface area contributed by atoms with E-state index in [9.17, 15) is 18.0 Å². The molecule has 116 valence electrons. The Balaban J connectivity index is 2.33. The van der Waals surface area contributed by atoms with Crippen molar-refractivity contribution in [2.24, 2.45) is 17.8 Å². The number of carboxylic acid groups (broad SMARTS) is 1. The Hall–Kier alpha value is -1.15. The van der Waals surface area contributed by atoms with Crippen molar-refractivity contribution in [3.8, 4) is 0 Å². The molecule has 0 aromatic rings. The highest BCUT2D eigenvalue weighted by molar-refractivity contribution is 7.88. The summed E-state index contributed by atoms with van der Waals surface area (Å²) in [5.74, 6) is -2.03. The molecule has 8 heteroatoms. The number of hydrogen-bond donors (Lipinski definition) is 3. The van der Waals surface area contributed by atoms with E-state index in [-0.39, 0.29) is 18.4 Å². The minimum absolute atomic E-state index is 0.235. The number of nitrogens with one attached hydrogen (secondary N) is 2. The molecule has 0 radical (unpaired) electrons. The van der Waals surface area contributed by atoms with E-state index in [1.165, 1.54) is 0 Å². The van der Waals surface area contributed by atoms with E-state index in [0.717, 1.165) is 6.26 Å². The summed E-state index contributed by atoms with van der Waals surface area (Å²) in [5, 5.41) is 11.8. The fourth-order valence-electron chi connectivity index (χ4n) is 2.54. The van der Waals surface area contributed by atoms with Gasteiger partial charge in [0.2, 0.25) is 15.9 Å². The van der Waals surface area contributed by atoms with Crippen LogP contribution in [0.2, 0.25) is 0 Å². The summed E-state index contributed by atoms with van der Waals surface area (Å²) >= 11 is 0. The molecule has 0 aromatic carbocycles. The average Bonchev–Trinajstić information content (AvgIpc) is 2.69. The molecule has 20 heavy (non-hydrogen) atoms. The highest BCUT2D eigenvalue weighted by atomic mass is 32.2. The van der Waals surface area contributed by atoms with Crippen LogP contribution in [0.4, 0.5) is 0 Å². The molecule has 0 bridgehead atoms. The monoisotopic (exact) mass is 306 g/mol. The van der Waals surface area contributed by atoms with E-state index in [0.29, 0.717) is 25.8 Å². The molecule has 3 N–H and O–H groups in total. The SMILES string of the molecule is CC1CC(C(=O)O)C(C(=O)NCCCNS(C)(=O)=O)C1. The lowest BCUT2D eigenvalue weighted by Crippen LogP contribution is -2.36. The molecule has 1 amide bonds. The molecule has 1 fully saturated rings. The van der Waals surface area contributed by atoms with Gasteiger partial charge in [0, 0.05) is 13.1 Å². The smallest absolute Gasteiger partial charge is 0.307 e. The number of carbonyl (C=O) groups is 2. The zero-order chi connectivity index (χ0) is 15.3. The molecule has 1 aliphatic rings. The fraction of sp³-hybridized carbons (Fsp3) is 0.833. The van der Waals surface area contributed by atoms with Crippen LogP contribution in [0.3, 0.4) is 0 Å². The van der Waals surface area contributed by atoms with Gasteiger partial charge in [-0.3, -0.25) is 9.59 Å². The Morgan fingerprint density at radius 1 is 1.20 bits per heavy atom. The Morgan fingerprint density at radius 3 is 2.35 bits per heavy atom. The summed E-state index contributed by atoms with van der Waals surface area (Å²) in [6.07, 6.45) is 2.66. The zero-order valence-electron chi connectivity index (χ0n) is 11.8. The number of carboxylic acids is 1. The largest absolute Gasteiger partial charge is 0.481 e. The normalized spacial score (nSPS) is 26.4. The highest BCUT2D eigenvalue weighted by Crippen LogP contribution is 2.36. The van der Waals surface area contributed by atoms with Crippen LogP contribution in [0.1, 0.15) is 26.2 Å². The number of hydrogen-bond acceptors (Lipinski definition) is 4. The summed E-state index contributed by atoms with van der Waals surface area (Å²) in [6.45, 7) is 2.53. The molecule has 3 unspecified atom stereocenters. The Labute approximate surface area is 119 Å². The lowest BCUT2D eigenvalue weighted by Gasteiger charge is -2.15. The maximum atomic E-state index is 12.0. The second kappa shape index (κ2) is 7.03. The summed E-state index contributed by atoms with van der Waals surface area (Å²) < 4.78 is 24.0. The molecule has 7 nitrogen and oxygen atoms in total. The Kier molecular flexibility index (Phi) is 5.94. The molecule has 0 saturated heterocycles. The fourth-order valence-corrected chi connectivity index (χ4v) is 3.06. The molecule has 1 saturated carbocycles. The molecule has 0 heterocycles. The van der Waals surface area contributed by atoms with Crippen LogP contribution in [0.25, 0.3) is 0 Å². The Morgan fingerprint density at radius 2 is 1.80 bits per heavy atom. The third-order valence-electron chi connectivity index (χ3n) is 3.47. The van der Waals surface area contributed by atoms with E-state index in [4.69, 9.17) is 5.11 Å². The number of amides is 1. The van der Waals surface area contributed by atoms with Crippen LogP contribution in [0.15, 0.2) is 0 Å². The minimum Gasteiger partial charge on any atom is -0.481 e. The second-order valence-corrected chi connectivity index (χ2v) is 7.27. The first-order valence-electron chi connectivity index (χ1n) is 6.66. The minimum atomic E-state index is -3.21. The molecule has 0 aromatic heterocycles. The third-order valence-corrected chi connectivity index (χ3v) is 4.20. The summed E-state index contributed by atoms with van der Waals surface area (Å²) in [5.41, 5.74) is 0. The average molecular weight is 306 g/mol. The number of sulfonamides is 1. The van der Waals surface area contributed by atoms with Gasteiger partial charge in [0.15, 0.2) is 0 Å². The van der Waals surface area contributed by atoms with Gasteiger partial charge in [0.25, 0.3) is 0 Å². The van der Waals surface area contributed by atoms with Crippen molar-refractivity contribution in [1.82, 2.24) is 10.0 Å². The van der Waals surface area contributed by atoms with Crippen LogP contribution in [0, 0.1) is 17.8 Å². The van der Waals surface area contributed by atoms with Gasteiger partial charge in [-0.05, 0) is 25.2 Å². The lowest BCUT2D eigenvalue weighted by molar-refractivity contribution is -0.146. The van der Waals surface area contributed by atoms with Crippen LogP contribution in [0.5, 0.6) is 0 Å². The predicted molar refractivity (Wildman–Crippen MR) is 73.5 cm³/mol. The molecule has 0 aliphatic heterocycles. The van der Waals surface area contributed by atoms with Crippen molar-refractivity contribution in [3.05, 3.63) is 0 Å². The molecule has 1 rings (SSSR count). The van der Waals surface area contributed by atoms with Gasteiger partial charge in [0.1, 0.15) is 0 Å². The van der Waals surface area contributed by atoms with Crippen molar-refractivity contribution < 1.29 is 23.1 Å². The van der Waals surface area contributed by atoms with Gasteiger partial charge in [-0.15, -0.1) is 0 Å². The number of carbonyl (C=O) groups excluding carboxylic acids is 1. The molecule has 0 spiro atoms. The predicted octanol–water partition coefficient (Wildman–Crippen LogP) is -0.211. The maximum absolute atomic E-state index is 12.0. The quantitative estimate of drug-likeness (QED) is 0.563. The first-order valence-corrected chi connectivity index (χ1v) is 8.55. The molecule has 3 atom stereocenters. The van der Waals surface area contributed by atoms with E-state index < -0.39 is 27.8 Å². The molecule has 1 aliphatic carbocycles. The summed E-state index contributed by atoms with van der Waals surface area (Å²) in [4.78, 5) is 23.0. The zero-order valence-corrected chi connectivity index (χ0v) is 12.6. The first-order chi connectivity index (χ1) is 9.20. The van der Waals surface area contributed by atoms with Gasteiger partial charge < -0.3 is 10.4 Å². The van der Waals surface area contributed by atoms with Crippen LogP contribution < -0.4 is 10.0 Å². The van der Waals surface area contributed by atoms with Crippen molar-refractivity contribution in [2.45, 2.75) is 26.2 Å². The summed E-state index contributed by atoms with van der Waals surface area (Å²) in [6, 6.07) is 0. The van der Waals surface area contributed by atoms with Crippen molar-refractivity contribution in [1.29, 1.82) is 0 Å². The molecular weight excluding hydrogens is 284 g/mol. The van der Waals surface area contributed by atoms with Gasteiger partial charge >= 0.3 is 5.97 Å². The van der Waals surface area contributed by atoms with Crippen molar-refractivity contribution >= 4 is 21.9 Å². The van der Waals surface area contributed by atoms with Crippen molar-refractivity contribution in [2.75, 3.05) is 19.3 Å². The number of aliphatic carboxylic acids is 1. The van der Waals surface area contributed by atoms with Gasteiger partial charge in [-0.1, -0.05) is 6.92 Å². The van der Waals surface area contributed by atoms with Crippen molar-refractivity contribution in [3.63, 3.8) is 0 Å². The van der Waals surface area contributed by atoms with Crippen LogP contribution >= 0.6 is 0 Å². The standard InChI is InChI=1S/C12H22N2O5S/c1-8-6-9(10(7-8)12(16)17)11(15)13-4-3-5-14-20(2,18)19/h8-10,14H,3-7H2,1-2H3,(H,13,15)(H,16,17). The molecular formula is C12H22N2O5S. The number of rotatable bonds is 7.